The molecule has 0 fully saturated rings. The fourth-order valence-corrected chi connectivity index (χ4v) is 3.93. The van der Waals surface area contributed by atoms with Gasteiger partial charge < -0.3 is 5.32 Å². The summed E-state index contributed by atoms with van der Waals surface area (Å²) in [5, 5.41) is 9.25. The molecule has 0 aliphatic carbocycles. The standard InChI is InChI=1S/C16H16N4O3S2/c1-11-3-5-13(6-4-11)25(22,23)20-8-7-14(19-20)16(21)17-9-15-18-12(2)10-24-15/h3-8,10H,9H2,1-2H3,(H,17,21). The van der Waals surface area contributed by atoms with Crippen LogP contribution in [0.25, 0.3) is 0 Å². The molecule has 130 valence electrons. The lowest BCUT2D eigenvalue weighted by atomic mass is 10.2. The minimum atomic E-state index is -3.82. The maximum Gasteiger partial charge on any atom is 0.282 e. The van der Waals surface area contributed by atoms with Crippen LogP contribution in [0.2, 0.25) is 0 Å². The number of nitrogens with zero attached hydrogens (tertiary/aromatic N) is 3. The normalized spacial score (nSPS) is 11.4. The molecule has 2 aromatic heterocycles. The lowest BCUT2D eigenvalue weighted by molar-refractivity contribution is 0.0945. The van der Waals surface area contributed by atoms with Crippen molar-refractivity contribution in [3.05, 3.63) is 63.9 Å². The SMILES string of the molecule is Cc1ccc(S(=O)(=O)n2ccc(C(=O)NCc3nc(C)cs3)n2)cc1. The van der Waals surface area contributed by atoms with Crippen LogP contribution in [0.5, 0.6) is 0 Å². The van der Waals surface area contributed by atoms with Crippen LogP contribution < -0.4 is 5.32 Å². The van der Waals surface area contributed by atoms with Gasteiger partial charge >= 0.3 is 0 Å². The van der Waals surface area contributed by atoms with E-state index >= 15 is 0 Å². The van der Waals surface area contributed by atoms with E-state index in [0.29, 0.717) is 0 Å². The zero-order chi connectivity index (χ0) is 18.0. The topological polar surface area (TPSA) is 94.0 Å². The Kier molecular flexibility index (Phi) is 4.69. The predicted molar refractivity (Wildman–Crippen MR) is 94.0 cm³/mol. The predicted octanol–water partition coefficient (Wildman–Crippen LogP) is 2.12. The molecular weight excluding hydrogens is 360 g/mol. The molecule has 0 bridgehead atoms. The van der Waals surface area contributed by atoms with E-state index in [1.807, 2.05) is 19.2 Å². The summed E-state index contributed by atoms with van der Waals surface area (Å²) < 4.78 is 25.9. The van der Waals surface area contributed by atoms with E-state index in [2.05, 4.69) is 15.4 Å². The first-order valence-corrected chi connectivity index (χ1v) is 9.75. The largest absolute Gasteiger partial charge is 0.344 e. The van der Waals surface area contributed by atoms with E-state index in [1.165, 1.54) is 35.7 Å². The van der Waals surface area contributed by atoms with Gasteiger partial charge in [0, 0.05) is 17.3 Å². The molecule has 0 saturated carbocycles. The number of hydrogen-bond donors (Lipinski definition) is 1. The number of benzene rings is 1. The van der Waals surface area contributed by atoms with E-state index in [-0.39, 0.29) is 17.1 Å². The number of carbonyl (C=O) groups excluding carboxylic acids is 1. The van der Waals surface area contributed by atoms with Crippen molar-refractivity contribution in [3.63, 3.8) is 0 Å². The molecule has 0 saturated heterocycles. The summed E-state index contributed by atoms with van der Waals surface area (Å²) in [5.74, 6) is -0.453. The first kappa shape index (κ1) is 17.3. The van der Waals surface area contributed by atoms with Crippen LogP contribution in [0.3, 0.4) is 0 Å². The molecule has 3 aromatic rings. The van der Waals surface area contributed by atoms with Crippen molar-refractivity contribution in [1.82, 2.24) is 19.5 Å². The molecule has 0 aliphatic rings. The molecule has 7 nitrogen and oxygen atoms in total. The van der Waals surface area contributed by atoms with E-state index in [1.54, 1.807) is 12.1 Å². The summed E-state index contributed by atoms with van der Waals surface area (Å²) in [6.45, 7) is 4.02. The van der Waals surface area contributed by atoms with E-state index in [0.717, 1.165) is 20.4 Å². The number of hydrogen-bond acceptors (Lipinski definition) is 6. The highest BCUT2D eigenvalue weighted by Crippen LogP contribution is 2.14. The summed E-state index contributed by atoms with van der Waals surface area (Å²) in [7, 11) is -3.82. The smallest absolute Gasteiger partial charge is 0.282 e. The van der Waals surface area contributed by atoms with Crippen LogP contribution in [-0.2, 0) is 16.6 Å². The molecule has 1 aromatic carbocycles. The molecule has 1 amide bonds. The molecular formula is C16H16N4O3S2. The molecule has 2 heterocycles. The van der Waals surface area contributed by atoms with E-state index in [9.17, 15) is 13.2 Å². The van der Waals surface area contributed by atoms with Gasteiger partial charge in [0.1, 0.15) is 5.01 Å². The molecule has 1 N–H and O–H groups in total. The number of thiazole rings is 1. The fraction of sp³-hybridized carbons (Fsp3) is 0.188. The van der Waals surface area contributed by atoms with Gasteiger partial charge in [-0.25, -0.2) is 4.98 Å². The molecule has 9 heteroatoms. The minimum absolute atomic E-state index is 0.0314. The number of nitrogens with one attached hydrogen (secondary N) is 1. The quantitative estimate of drug-likeness (QED) is 0.736. The van der Waals surface area contributed by atoms with Gasteiger partial charge in [0.15, 0.2) is 5.69 Å². The molecule has 0 spiro atoms. The second-order valence-corrected chi connectivity index (χ2v) is 8.20. The van der Waals surface area contributed by atoms with Crippen molar-refractivity contribution in [2.45, 2.75) is 25.3 Å². The van der Waals surface area contributed by atoms with Crippen molar-refractivity contribution in [1.29, 1.82) is 0 Å². The first-order valence-electron chi connectivity index (χ1n) is 7.43. The summed E-state index contributed by atoms with van der Waals surface area (Å²) in [4.78, 5) is 16.5. The van der Waals surface area contributed by atoms with E-state index < -0.39 is 15.9 Å². The Balaban J connectivity index is 1.75. The molecule has 0 radical (unpaired) electrons. The number of rotatable bonds is 5. The fourth-order valence-electron chi connectivity index (χ4n) is 2.11. The van der Waals surface area contributed by atoms with Gasteiger partial charge in [0.2, 0.25) is 0 Å². The van der Waals surface area contributed by atoms with Gasteiger partial charge in [-0.1, -0.05) is 17.7 Å². The second kappa shape index (κ2) is 6.77. The van der Waals surface area contributed by atoms with Gasteiger partial charge in [-0.15, -0.1) is 11.3 Å². The van der Waals surface area contributed by atoms with Crippen LogP contribution in [-0.4, -0.2) is 28.5 Å². The lowest BCUT2D eigenvalue weighted by Gasteiger charge is -2.04. The van der Waals surface area contributed by atoms with Crippen LogP contribution in [0.1, 0.15) is 26.8 Å². The number of aryl methyl sites for hydroxylation is 2. The Morgan fingerprint density at radius 1 is 1.20 bits per heavy atom. The van der Waals surface area contributed by atoms with Gasteiger partial charge in [-0.05, 0) is 32.0 Å². The number of carbonyl (C=O) groups is 1. The third kappa shape index (κ3) is 3.77. The third-order valence-corrected chi connectivity index (χ3v) is 5.96. The van der Waals surface area contributed by atoms with Gasteiger partial charge in [-0.2, -0.15) is 17.6 Å². The van der Waals surface area contributed by atoms with Crippen molar-refractivity contribution >= 4 is 27.3 Å². The van der Waals surface area contributed by atoms with Crippen LogP contribution in [0.4, 0.5) is 0 Å². The highest BCUT2D eigenvalue weighted by molar-refractivity contribution is 7.89. The zero-order valence-corrected chi connectivity index (χ0v) is 15.3. The first-order chi connectivity index (χ1) is 11.9. The van der Waals surface area contributed by atoms with Crippen LogP contribution in [0.15, 0.2) is 46.8 Å². The third-order valence-electron chi connectivity index (χ3n) is 3.43. The monoisotopic (exact) mass is 376 g/mol. The highest BCUT2D eigenvalue weighted by atomic mass is 32.2. The molecule has 0 aliphatic heterocycles. The summed E-state index contributed by atoms with van der Waals surface area (Å²) in [6, 6.07) is 7.81. The number of aromatic nitrogens is 3. The van der Waals surface area contributed by atoms with Crippen LogP contribution in [0, 0.1) is 13.8 Å². The zero-order valence-electron chi connectivity index (χ0n) is 13.6. The minimum Gasteiger partial charge on any atom is -0.344 e. The maximum atomic E-state index is 12.5. The Morgan fingerprint density at radius 3 is 2.56 bits per heavy atom. The molecule has 3 rings (SSSR count). The molecule has 0 atom stereocenters. The average Bonchev–Trinajstić information content (AvgIpc) is 3.22. The Morgan fingerprint density at radius 2 is 1.92 bits per heavy atom. The van der Waals surface area contributed by atoms with Crippen molar-refractivity contribution < 1.29 is 13.2 Å². The van der Waals surface area contributed by atoms with Gasteiger partial charge in [0.05, 0.1) is 11.4 Å². The second-order valence-electron chi connectivity index (χ2n) is 5.46. The Hall–Kier alpha value is -2.52. The van der Waals surface area contributed by atoms with Crippen molar-refractivity contribution in [3.8, 4) is 0 Å². The maximum absolute atomic E-state index is 12.5. The average molecular weight is 376 g/mol. The molecule has 25 heavy (non-hydrogen) atoms. The highest BCUT2D eigenvalue weighted by Gasteiger charge is 2.20. The summed E-state index contributed by atoms with van der Waals surface area (Å²) in [6.07, 6.45) is 1.26. The van der Waals surface area contributed by atoms with Gasteiger partial charge in [0.25, 0.3) is 15.9 Å². The van der Waals surface area contributed by atoms with Crippen LogP contribution >= 0.6 is 11.3 Å². The van der Waals surface area contributed by atoms with E-state index in [4.69, 9.17) is 0 Å². The Labute approximate surface area is 149 Å². The lowest BCUT2D eigenvalue weighted by Crippen LogP contribution is -2.24. The van der Waals surface area contributed by atoms with Crippen molar-refractivity contribution in [2.24, 2.45) is 0 Å². The Bertz CT molecular complexity index is 1000. The number of amides is 1. The summed E-state index contributed by atoms with van der Waals surface area (Å²) in [5.41, 5.74) is 1.88. The molecule has 0 unspecified atom stereocenters. The van der Waals surface area contributed by atoms with Crippen molar-refractivity contribution in [2.75, 3.05) is 0 Å². The van der Waals surface area contributed by atoms with Gasteiger partial charge in [-0.3, -0.25) is 4.79 Å². The summed E-state index contributed by atoms with van der Waals surface area (Å²) >= 11 is 1.45.